The molecule has 2 amide bonds. The molecule has 0 saturated carbocycles. The zero-order valence-electron chi connectivity index (χ0n) is 20.3. The molecule has 184 valence electrons. The number of rotatable bonds is 11. The normalized spacial score (nSPS) is 10.5. The highest BCUT2D eigenvalue weighted by Crippen LogP contribution is 2.24. The maximum atomic E-state index is 12.2. The molecule has 0 radical (unpaired) electrons. The lowest BCUT2D eigenvalue weighted by molar-refractivity contribution is -0.119. The quantitative estimate of drug-likeness (QED) is 0.243. The molecule has 36 heavy (non-hydrogen) atoms. The van der Waals surface area contributed by atoms with Crippen LogP contribution >= 0.6 is 0 Å². The Kier molecular flexibility index (Phi) is 9.53. The van der Waals surface area contributed by atoms with E-state index in [9.17, 15) is 9.59 Å². The molecule has 0 unspecified atom stereocenters. The van der Waals surface area contributed by atoms with E-state index < -0.39 is 0 Å². The third-order valence-electron chi connectivity index (χ3n) is 5.13. The van der Waals surface area contributed by atoms with Gasteiger partial charge in [0.25, 0.3) is 0 Å². The van der Waals surface area contributed by atoms with Gasteiger partial charge in [0.15, 0.2) is 5.82 Å². The Balaban J connectivity index is 1.61. The summed E-state index contributed by atoms with van der Waals surface area (Å²) in [5.41, 5.74) is 3.04. The summed E-state index contributed by atoms with van der Waals surface area (Å²) in [5, 5.41) is 21.1. The lowest BCUT2D eigenvalue weighted by Crippen LogP contribution is -2.28. The van der Waals surface area contributed by atoms with Crippen LogP contribution in [0.1, 0.15) is 23.6 Å². The summed E-state index contributed by atoms with van der Waals surface area (Å²) in [6.07, 6.45) is 3.11. The lowest BCUT2D eigenvalue weighted by Gasteiger charge is -2.15. The summed E-state index contributed by atoms with van der Waals surface area (Å²) < 4.78 is 0. The molecule has 0 atom stereocenters. The van der Waals surface area contributed by atoms with Gasteiger partial charge >= 0.3 is 0 Å². The number of nitriles is 1. The summed E-state index contributed by atoms with van der Waals surface area (Å²) in [5.74, 6) is 1.57. The number of carbonyl (C=O) groups is 2. The molecule has 2 aromatic carbocycles. The summed E-state index contributed by atoms with van der Waals surface area (Å²) in [6.45, 7) is 5.23. The summed E-state index contributed by atoms with van der Waals surface area (Å²) in [6, 6.07) is 18.8. The fourth-order valence-electron chi connectivity index (χ4n) is 3.31. The average molecular weight is 484 g/mol. The smallest absolute Gasteiger partial charge is 0.244 e. The van der Waals surface area contributed by atoms with Gasteiger partial charge in [0.1, 0.15) is 11.6 Å². The standard InChI is InChI=1S/C27H29N7O2/c1-19-25(31-15-13-29-20(2)35)33-27(23-9-4-3-5-10-23)34-26(19)32-16-14-30-24(36)12-11-21-7-6-8-22(17-21)18-28/h3-12,17H,13-16H2,1-2H3,(H,29,35)(H,30,36)(H2,31,32,33,34). The largest absolute Gasteiger partial charge is 0.368 e. The number of hydrogen-bond donors (Lipinski definition) is 4. The number of hydrogen-bond acceptors (Lipinski definition) is 7. The Labute approximate surface area is 210 Å². The predicted molar refractivity (Wildman–Crippen MR) is 141 cm³/mol. The second kappa shape index (κ2) is 13.2. The molecular weight excluding hydrogens is 454 g/mol. The topological polar surface area (TPSA) is 132 Å². The van der Waals surface area contributed by atoms with Crippen LogP contribution in [0.2, 0.25) is 0 Å². The van der Waals surface area contributed by atoms with E-state index in [1.165, 1.54) is 13.0 Å². The van der Waals surface area contributed by atoms with Crippen LogP contribution in [0.4, 0.5) is 11.6 Å². The van der Waals surface area contributed by atoms with Gasteiger partial charge < -0.3 is 21.3 Å². The van der Waals surface area contributed by atoms with Gasteiger partial charge in [0.05, 0.1) is 11.6 Å². The minimum absolute atomic E-state index is 0.0869. The fourth-order valence-corrected chi connectivity index (χ4v) is 3.31. The van der Waals surface area contributed by atoms with Crippen molar-refractivity contribution >= 4 is 29.5 Å². The fraction of sp³-hybridized carbons (Fsp3) is 0.222. The van der Waals surface area contributed by atoms with Crippen molar-refractivity contribution in [3.8, 4) is 17.5 Å². The van der Waals surface area contributed by atoms with Crippen molar-refractivity contribution in [1.29, 1.82) is 5.26 Å². The number of amides is 2. The van der Waals surface area contributed by atoms with Gasteiger partial charge in [-0.1, -0.05) is 42.5 Å². The van der Waals surface area contributed by atoms with E-state index in [0.717, 1.165) is 16.7 Å². The van der Waals surface area contributed by atoms with Gasteiger partial charge in [-0.15, -0.1) is 0 Å². The molecule has 0 spiro atoms. The molecule has 1 aromatic heterocycles. The van der Waals surface area contributed by atoms with Crippen LogP contribution in [0.15, 0.2) is 60.7 Å². The van der Waals surface area contributed by atoms with E-state index in [4.69, 9.17) is 5.26 Å². The van der Waals surface area contributed by atoms with Crippen molar-refractivity contribution in [2.45, 2.75) is 13.8 Å². The van der Waals surface area contributed by atoms with E-state index in [-0.39, 0.29) is 11.8 Å². The first kappa shape index (κ1) is 25.9. The van der Waals surface area contributed by atoms with Crippen LogP contribution in [0.25, 0.3) is 17.5 Å². The highest BCUT2D eigenvalue weighted by Gasteiger charge is 2.12. The van der Waals surface area contributed by atoms with Crippen LogP contribution in [0.5, 0.6) is 0 Å². The first-order chi connectivity index (χ1) is 17.5. The first-order valence-electron chi connectivity index (χ1n) is 11.6. The highest BCUT2D eigenvalue weighted by molar-refractivity contribution is 5.91. The Morgan fingerprint density at radius 3 is 2.22 bits per heavy atom. The molecule has 0 saturated heterocycles. The Morgan fingerprint density at radius 2 is 1.58 bits per heavy atom. The number of anilines is 2. The SMILES string of the molecule is CC(=O)NCCNc1nc(-c2ccccc2)nc(NCCNC(=O)C=Cc2cccc(C#N)c2)c1C. The van der Waals surface area contributed by atoms with Gasteiger partial charge in [0, 0.05) is 50.3 Å². The van der Waals surface area contributed by atoms with E-state index >= 15 is 0 Å². The van der Waals surface area contributed by atoms with Crippen LogP contribution in [-0.2, 0) is 9.59 Å². The number of nitrogens with zero attached hydrogens (tertiary/aromatic N) is 3. The molecule has 3 aromatic rings. The van der Waals surface area contributed by atoms with Gasteiger partial charge in [0.2, 0.25) is 11.8 Å². The van der Waals surface area contributed by atoms with Crippen molar-refractivity contribution in [3.05, 3.63) is 77.4 Å². The molecular formula is C27H29N7O2. The monoisotopic (exact) mass is 483 g/mol. The summed E-state index contributed by atoms with van der Waals surface area (Å²) in [4.78, 5) is 32.7. The maximum Gasteiger partial charge on any atom is 0.244 e. The average Bonchev–Trinajstić information content (AvgIpc) is 2.89. The molecule has 9 heteroatoms. The molecule has 9 nitrogen and oxygen atoms in total. The van der Waals surface area contributed by atoms with Crippen LogP contribution in [0, 0.1) is 18.3 Å². The van der Waals surface area contributed by atoms with E-state index in [0.29, 0.717) is 49.2 Å². The molecule has 0 fully saturated rings. The predicted octanol–water partition coefficient (Wildman–Crippen LogP) is 3.11. The molecule has 4 N–H and O–H groups in total. The second-order valence-corrected chi connectivity index (χ2v) is 7.93. The van der Waals surface area contributed by atoms with Crippen LogP contribution in [0.3, 0.4) is 0 Å². The van der Waals surface area contributed by atoms with Crippen molar-refractivity contribution < 1.29 is 9.59 Å². The summed E-state index contributed by atoms with van der Waals surface area (Å²) in [7, 11) is 0. The maximum absolute atomic E-state index is 12.2. The van der Waals surface area contributed by atoms with Crippen LogP contribution in [-0.4, -0.2) is 48.0 Å². The highest BCUT2D eigenvalue weighted by atomic mass is 16.2. The van der Waals surface area contributed by atoms with Crippen molar-refractivity contribution in [3.63, 3.8) is 0 Å². The Bertz CT molecular complexity index is 1270. The number of benzene rings is 2. The number of carbonyl (C=O) groups excluding carboxylic acids is 2. The second-order valence-electron chi connectivity index (χ2n) is 7.93. The third-order valence-corrected chi connectivity index (χ3v) is 5.13. The van der Waals surface area contributed by atoms with Crippen molar-refractivity contribution in [1.82, 2.24) is 20.6 Å². The van der Waals surface area contributed by atoms with E-state index in [1.54, 1.807) is 24.3 Å². The van der Waals surface area contributed by atoms with E-state index in [1.807, 2.05) is 43.3 Å². The Hall–Kier alpha value is -4.71. The Morgan fingerprint density at radius 1 is 0.917 bits per heavy atom. The van der Waals surface area contributed by atoms with Crippen LogP contribution < -0.4 is 21.3 Å². The molecule has 0 aliphatic rings. The molecule has 3 rings (SSSR count). The van der Waals surface area contributed by atoms with Gasteiger partial charge in [-0.3, -0.25) is 9.59 Å². The zero-order valence-corrected chi connectivity index (χ0v) is 20.3. The van der Waals surface area contributed by atoms with Gasteiger partial charge in [-0.05, 0) is 30.7 Å². The third kappa shape index (κ3) is 7.95. The minimum Gasteiger partial charge on any atom is -0.368 e. The lowest BCUT2D eigenvalue weighted by atomic mass is 10.1. The minimum atomic E-state index is -0.233. The number of aromatic nitrogens is 2. The van der Waals surface area contributed by atoms with Gasteiger partial charge in [-0.2, -0.15) is 5.26 Å². The number of nitrogens with one attached hydrogen (secondary N) is 4. The van der Waals surface area contributed by atoms with Crippen molar-refractivity contribution in [2.24, 2.45) is 0 Å². The molecule has 0 bridgehead atoms. The zero-order chi connectivity index (χ0) is 25.8. The van der Waals surface area contributed by atoms with E-state index in [2.05, 4.69) is 37.3 Å². The van der Waals surface area contributed by atoms with Crippen molar-refractivity contribution in [2.75, 3.05) is 36.8 Å². The summed E-state index contributed by atoms with van der Waals surface area (Å²) >= 11 is 0. The molecule has 0 aliphatic heterocycles. The molecule has 1 heterocycles. The first-order valence-corrected chi connectivity index (χ1v) is 11.6. The van der Waals surface area contributed by atoms with Gasteiger partial charge in [-0.25, -0.2) is 9.97 Å². The molecule has 0 aliphatic carbocycles.